The van der Waals surface area contributed by atoms with Gasteiger partial charge in [-0.25, -0.2) is 0 Å². The number of nitrogens with one attached hydrogen (secondary N) is 1. The summed E-state index contributed by atoms with van der Waals surface area (Å²) in [6.45, 7) is -0.0485. The van der Waals surface area contributed by atoms with Crippen LogP contribution in [0.4, 0.5) is 11.4 Å². The lowest BCUT2D eigenvalue weighted by atomic mass is 10.3. The van der Waals surface area contributed by atoms with Crippen LogP contribution in [0.25, 0.3) is 0 Å². The molecular formula is C13H12BrN3O2. The molecule has 0 aliphatic rings. The molecule has 0 saturated heterocycles. The zero-order valence-corrected chi connectivity index (χ0v) is 11.6. The first kappa shape index (κ1) is 13.4. The largest absolute Gasteiger partial charge is 0.399 e. The second-order valence-electron chi connectivity index (χ2n) is 3.99. The van der Waals surface area contributed by atoms with Crippen molar-refractivity contribution >= 4 is 33.2 Å². The number of carbonyl (C=O) groups is 1. The molecule has 2 aromatic rings. The summed E-state index contributed by atoms with van der Waals surface area (Å²) in [5, 5.41) is 2.68. The average Bonchev–Trinajstić information content (AvgIpc) is 2.34. The van der Waals surface area contributed by atoms with Gasteiger partial charge in [-0.2, -0.15) is 0 Å². The van der Waals surface area contributed by atoms with Gasteiger partial charge in [-0.1, -0.05) is 6.07 Å². The minimum Gasteiger partial charge on any atom is -0.399 e. The topological polar surface area (TPSA) is 77.1 Å². The Balaban J connectivity index is 2.09. The van der Waals surface area contributed by atoms with Crippen LogP contribution in [0, 0.1) is 0 Å². The van der Waals surface area contributed by atoms with Crippen LogP contribution in [0.5, 0.6) is 0 Å². The number of nitrogens with two attached hydrogens (primary N) is 1. The van der Waals surface area contributed by atoms with E-state index in [2.05, 4.69) is 21.2 Å². The van der Waals surface area contributed by atoms with Crippen LogP contribution in [0.3, 0.4) is 0 Å². The Morgan fingerprint density at radius 2 is 2.11 bits per heavy atom. The molecule has 98 valence electrons. The van der Waals surface area contributed by atoms with E-state index in [0.29, 0.717) is 11.4 Å². The van der Waals surface area contributed by atoms with E-state index in [1.807, 2.05) is 0 Å². The number of anilines is 2. The SMILES string of the molecule is Nc1cccc(NC(=O)Cn2cc(Br)ccc2=O)c1. The number of carbonyl (C=O) groups excluding carboxylic acids is 1. The molecule has 19 heavy (non-hydrogen) atoms. The minimum absolute atomic E-state index is 0.0485. The van der Waals surface area contributed by atoms with Crippen LogP contribution in [0.2, 0.25) is 0 Å². The highest BCUT2D eigenvalue weighted by molar-refractivity contribution is 9.10. The van der Waals surface area contributed by atoms with Crippen LogP contribution in [0.15, 0.2) is 51.9 Å². The first-order chi connectivity index (χ1) is 9.04. The molecule has 6 heteroatoms. The Kier molecular flexibility index (Phi) is 4.01. The summed E-state index contributed by atoms with van der Waals surface area (Å²) >= 11 is 3.25. The maximum absolute atomic E-state index is 11.8. The molecular weight excluding hydrogens is 310 g/mol. The summed E-state index contributed by atoms with van der Waals surface area (Å²) in [7, 11) is 0. The molecule has 0 saturated carbocycles. The van der Waals surface area contributed by atoms with Crippen molar-refractivity contribution in [1.29, 1.82) is 0 Å². The van der Waals surface area contributed by atoms with Gasteiger partial charge in [-0.15, -0.1) is 0 Å². The van der Waals surface area contributed by atoms with Gasteiger partial charge in [0.15, 0.2) is 0 Å². The lowest BCUT2D eigenvalue weighted by molar-refractivity contribution is -0.116. The van der Waals surface area contributed by atoms with Crippen molar-refractivity contribution in [2.75, 3.05) is 11.1 Å². The van der Waals surface area contributed by atoms with Crippen molar-refractivity contribution in [3.05, 3.63) is 57.4 Å². The van der Waals surface area contributed by atoms with Gasteiger partial charge in [0.2, 0.25) is 5.91 Å². The first-order valence-corrected chi connectivity index (χ1v) is 6.35. The van der Waals surface area contributed by atoms with Crippen molar-refractivity contribution in [3.63, 3.8) is 0 Å². The molecule has 1 aromatic heterocycles. The molecule has 5 nitrogen and oxygen atoms in total. The normalized spacial score (nSPS) is 10.2. The van der Waals surface area contributed by atoms with Gasteiger partial charge < -0.3 is 15.6 Å². The minimum atomic E-state index is -0.286. The Bertz CT molecular complexity index is 667. The van der Waals surface area contributed by atoms with Crippen molar-refractivity contribution in [2.45, 2.75) is 6.54 Å². The van der Waals surface area contributed by atoms with E-state index in [1.165, 1.54) is 10.6 Å². The molecule has 1 heterocycles. The molecule has 2 rings (SSSR count). The van der Waals surface area contributed by atoms with Crippen LogP contribution in [-0.4, -0.2) is 10.5 Å². The number of rotatable bonds is 3. The lowest BCUT2D eigenvalue weighted by Crippen LogP contribution is -2.26. The van der Waals surface area contributed by atoms with Crippen LogP contribution < -0.4 is 16.6 Å². The first-order valence-electron chi connectivity index (χ1n) is 5.56. The Labute approximate surface area is 118 Å². The number of benzene rings is 1. The number of amides is 1. The van der Waals surface area contributed by atoms with Gasteiger partial charge in [-0.3, -0.25) is 9.59 Å². The quantitative estimate of drug-likeness (QED) is 0.847. The van der Waals surface area contributed by atoms with Gasteiger partial charge in [0.1, 0.15) is 6.54 Å². The molecule has 0 aliphatic carbocycles. The number of hydrogen-bond acceptors (Lipinski definition) is 3. The van der Waals surface area contributed by atoms with Crippen molar-refractivity contribution in [3.8, 4) is 0 Å². The van der Waals surface area contributed by atoms with E-state index >= 15 is 0 Å². The molecule has 0 bridgehead atoms. The van der Waals surface area contributed by atoms with Crippen molar-refractivity contribution < 1.29 is 4.79 Å². The fraction of sp³-hybridized carbons (Fsp3) is 0.0769. The van der Waals surface area contributed by atoms with Gasteiger partial charge in [0.25, 0.3) is 5.56 Å². The summed E-state index contributed by atoms with van der Waals surface area (Å²) in [5.41, 5.74) is 6.56. The summed E-state index contributed by atoms with van der Waals surface area (Å²) in [6, 6.07) is 9.90. The van der Waals surface area contributed by atoms with E-state index in [0.717, 1.165) is 4.47 Å². The third kappa shape index (κ3) is 3.69. The van der Waals surface area contributed by atoms with Gasteiger partial charge in [0.05, 0.1) is 0 Å². The van der Waals surface area contributed by atoms with Crippen LogP contribution in [0.1, 0.15) is 0 Å². The van der Waals surface area contributed by atoms with E-state index < -0.39 is 0 Å². The molecule has 0 aliphatic heterocycles. The molecule has 0 unspecified atom stereocenters. The number of aromatic nitrogens is 1. The Hall–Kier alpha value is -2.08. The summed E-state index contributed by atoms with van der Waals surface area (Å²) < 4.78 is 2.06. The number of halogens is 1. The van der Waals surface area contributed by atoms with Crippen molar-refractivity contribution in [1.82, 2.24) is 4.57 Å². The summed E-state index contributed by atoms with van der Waals surface area (Å²) in [6.07, 6.45) is 1.57. The van der Waals surface area contributed by atoms with E-state index in [-0.39, 0.29) is 18.0 Å². The molecule has 1 aromatic carbocycles. The molecule has 0 fully saturated rings. The van der Waals surface area contributed by atoms with E-state index in [9.17, 15) is 9.59 Å². The number of nitrogens with zero attached hydrogens (tertiary/aromatic N) is 1. The Morgan fingerprint density at radius 3 is 2.84 bits per heavy atom. The number of hydrogen-bond donors (Lipinski definition) is 2. The fourth-order valence-corrected chi connectivity index (χ4v) is 1.98. The maximum Gasteiger partial charge on any atom is 0.251 e. The number of nitrogen functional groups attached to an aromatic ring is 1. The molecule has 0 spiro atoms. The lowest BCUT2D eigenvalue weighted by Gasteiger charge is -2.08. The standard InChI is InChI=1S/C13H12BrN3O2/c14-9-4-5-13(19)17(7-9)8-12(18)16-11-3-1-2-10(15)6-11/h1-7H,8,15H2,(H,16,18). The fourth-order valence-electron chi connectivity index (χ4n) is 1.60. The zero-order chi connectivity index (χ0) is 13.8. The smallest absolute Gasteiger partial charge is 0.251 e. The molecule has 0 atom stereocenters. The van der Waals surface area contributed by atoms with Gasteiger partial charge in [0, 0.05) is 28.1 Å². The highest BCUT2D eigenvalue weighted by Gasteiger charge is 2.05. The van der Waals surface area contributed by atoms with Crippen LogP contribution in [-0.2, 0) is 11.3 Å². The van der Waals surface area contributed by atoms with Gasteiger partial charge >= 0.3 is 0 Å². The zero-order valence-electron chi connectivity index (χ0n) is 9.97. The third-order valence-electron chi connectivity index (χ3n) is 2.43. The van der Waals surface area contributed by atoms with Gasteiger partial charge in [-0.05, 0) is 40.2 Å². The maximum atomic E-state index is 11.8. The summed E-state index contributed by atoms with van der Waals surface area (Å²) in [4.78, 5) is 23.4. The monoisotopic (exact) mass is 321 g/mol. The van der Waals surface area contributed by atoms with E-state index in [1.54, 1.807) is 36.5 Å². The predicted octanol–water partition coefficient (Wildman–Crippen LogP) is 1.83. The molecule has 1 amide bonds. The van der Waals surface area contributed by atoms with Crippen molar-refractivity contribution in [2.24, 2.45) is 0 Å². The van der Waals surface area contributed by atoms with Crippen LogP contribution >= 0.6 is 15.9 Å². The molecule has 3 N–H and O–H groups in total. The summed E-state index contributed by atoms with van der Waals surface area (Å²) in [5.74, 6) is -0.286. The number of pyridine rings is 1. The predicted molar refractivity (Wildman–Crippen MR) is 77.9 cm³/mol. The van der Waals surface area contributed by atoms with E-state index in [4.69, 9.17) is 5.73 Å². The second kappa shape index (κ2) is 5.71. The third-order valence-corrected chi connectivity index (χ3v) is 2.90. The second-order valence-corrected chi connectivity index (χ2v) is 4.90. The average molecular weight is 322 g/mol. The highest BCUT2D eigenvalue weighted by Crippen LogP contribution is 2.11. The molecule has 0 radical (unpaired) electrons. The highest BCUT2D eigenvalue weighted by atomic mass is 79.9. The Morgan fingerprint density at radius 1 is 1.32 bits per heavy atom.